The van der Waals surface area contributed by atoms with E-state index in [0.717, 1.165) is 11.3 Å². The summed E-state index contributed by atoms with van der Waals surface area (Å²) in [6.07, 6.45) is 4.83. The Labute approximate surface area is 109 Å². The summed E-state index contributed by atoms with van der Waals surface area (Å²) in [5.41, 5.74) is 2.46. The van der Waals surface area contributed by atoms with E-state index in [4.69, 9.17) is 0 Å². The van der Waals surface area contributed by atoms with E-state index in [0.29, 0.717) is 17.6 Å². The van der Waals surface area contributed by atoms with Gasteiger partial charge in [0.15, 0.2) is 5.65 Å². The third kappa shape index (κ3) is 2.01. The molecule has 0 spiro atoms. The Balaban J connectivity index is 2.06. The summed E-state index contributed by atoms with van der Waals surface area (Å²) in [5.74, 6) is 0. The minimum Gasteiger partial charge on any atom is -0.292 e. The highest BCUT2D eigenvalue weighted by atomic mass is 16.1. The third-order valence-corrected chi connectivity index (χ3v) is 3.02. The van der Waals surface area contributed by atoms with Crippen molar-refractivity contribution in [3.63, 3.8) is 0 Å². The van der Waals surface area contributed by atoms with Crippen molar-refractivity contribution in [2.75, 3.05) is 0 Å². The van der Waals surface area contributed by atoms with Gasteiger partial charge in [-0.05, 0) is 24.6 Å². The van der Waals surface area contributed by atoms with Crippen LogP contribution in [0.4, 0.5) is 0 Å². The molecule has 0 atom stereocenters. The molecule has 6 nitrogen and oxygen atoms in total. The highest BCUT2D eigenvalue weighted by molar-refractivity contribution is 5.72. The first-order valence-electron chi connectivity index (χ1n) is 5.94. The lowest BCUT2D eigenvalue weighted by molar-refractivity contribution is 0.722. The number of fused-ring (bicyclic) bond motifs is 1. The van der Waals surface area contributed by atoms with E-state index in [-0.39, 0.29) is 5.56 Å². The molecule has 3 heterocycles. The minimum atomic E-state index is -0.0959. The molecular weight excluding hydrogens is 242 g/mol. The van der Waals surface area contributed by atoms with Crippen LogP contribution in [-0.4, -0.2) is 24.3 Å². The van der Waals surface area contributed by atoms with Crippen LogP contribution < -0.4 is 5.56 Å². The molecule has 0 amide bonds. The number of aryl methyl sites for hydroxylation is 2. The molecule has 19 heavy (non-hydrogen) atoms. The number of nitrogens with zero attached hydrogens (tertiary/aromatic N) is 5. The Kier molecular flexibility index (Phi) is 2.63. The zero-order valence-corrected chi connectivity index (χ0v) is 10.7. The number of rotatable bonds is 2. The number of hydrogen-bond acceptors (Lipinski definition) is 4. The van der Waals surface area contributed by atoms with Crippen molar-refractivity contribution in [3.8, 4) is 0 Å². The first-order chi connectivity index (χ1) is 9.15. The second kappa shape index (κ2) is 4.31. The van der Waals surface area contributed by atoms with Crippen molar-refractivity contribution in [2.24, 2.45) is 7.05 Å². The van der Waals surface area contributed by atoms with Gasteiger partial charge < -0.3 is 0 Å². The molecule has 3 aromatic rings. The van der Waals surface area contributed by atoms with E-state index in [1.54, 1.807) is 28.7 Å². The van der Waals surface area contributed by atoms with Crippen LogP contribution in [0.2, 0.25) is 0 Å². The average molecular weight is 255 g/mol. The van der Waals surface area contributed by atoms with Gasteiger partial charge in [0.05, 0.1) is 18.4 Å². The topological polar surface area (TPSA) is 65.6 Å². The van der Waals surface area contributed by atoms with E-state index in [2.05, 4.69) is 15.1 Å². The van der Waals surface area contributed by atoms with Gasteiger partial charge in [-0.15, -0.1) is 0 Å². The SMILES string of the molecule is Cc1ccnc(Cn2cnc3c(cnn3C)c2=O)c1. The molecule has 0 saturated carbocycles. The zero-order valence-electron chi connectivity index (χ0n) is 10.7. The second-order valence-corrected chi connectivity index (χ2v) is 4.51. The lowest BCUT2D eigenvalue weighted by Crippen LogP contribution is -2.21. The molecule has 0 unspecified atom stereocenters. The maximum atomic E-state index is 12.3. The quantitative estimate of drug-likeness (QED) is 0.682. The molecule has 0 radical (unpaired) electrons. The molecule has 0 N–H and O–H groups in total. The van der Waals surface area contributed by atoms with E-state index in [1.165, 1.54) is 6.33 Å². The van der Waals surface area contributed by atoms with Gasteiger partial charge in [-0.25, -0.2) is 4.98 Å². The monoisotopic (exact) mass is 255 g/mol. The lowest BCUT2D eigenvalue weighted by Gasteiger charge is -2.05. The van der Waals surface area contributed by atoms with Gasteiger partial charge in [-0.3, -0.25) is 19.0 Å². The van der Waals surface area contributed by atoms with Gasteiger partial charge in [0, 0.05) is 13.2 Å². The van der Waals surface area contributed by atoms with Gasteiger partial charge >= 0.3 is 0 Å². The van der Waals surface area contributed by atoms with E-state index >= 15 is 0 Å². The summed E-state index contributed by atoms with van der Waals surface area (Å²) < 4.78 is 3.14. The summed E-state index contributed by atoms with van der Waals surface area (Å²) in [4.78, 5) is 20.8. The number of hydrogen-bond donors (Lipinski definition) is 0. The van der Waals surface area contributed by atoms with E-state index in [9.17, 15) is 4.79 Å². The van der Waals surface area contributed by atoms with Crippen LogP contribution in [-0.2, 0) is 13.6 Å². The van der Waals surface area contributed by atoms with Crippen LogP contribution in [0.3, 0.4) is 0 Å². The minimum absolute atomic E-state index is 0.0959. The maximum absolute atomic E-state index is 12.3. The predicted molar refractivity (Wildman–Crippen MR) is 70.8 cm³/mol. The third-order valence-electron chi connectivity index (χ3n) is 3.02. The molecule has 0 aliphatic carbocycles. The van der Waals surface area contributed by atoms with Gasteiger partial charge in [-0.2, -0.15) is 5.10 Å². The molecule has 0 aliphatic heterocycles. The van der Waals surface area contributed by atoms with Crippen LogP contribution >= 0.6 is 0 Å². The first-order valence-corrected chi connectivity index (χ1v) is 5.94. The molecule has 96 valence electrons. The fraction of sp³-hybridized carbons (Fsp3) is 0.231. The molecular formula is C13H13N5O. The molecule has 0 saturated heterocycles. The van der Waals surface area contributed by atoms with Crippen molar-refractivity contribution >= 4 is 11.0 Å². The summed E-state index contributed by atoms with van der Waals surface area (Å²) >= 11 is 0. The van der Waals surface area contributed by atoms with Crippen LogP contribution in [0.5, 0.6) is 0 Å². The summed E-state index contributed by atoms with van der Waals surface area (Å²) in [6, 6.07) is 3.88. The van der Waals surface area contributed by atoms with Gasteiger partial charge in [0.25, 0.3) is 5.56 Å². The Morgan fingerprint density at radius 1 is 1.32 bits per heavy atom. The fourth-order valence-corrected chi connectivity index (χ4v) is 2.04. The van der Waals surface area contributed by atoms with Gasteiger partial charge in [0.2, 0.25) is 0 Å². The largest absolute Gasteiger partial charge is 0.292 e. The summed E-state index contributed by atoms with van der Waals surface area (Å²) in [6.45, 7) is 2.41. The van der Waals surface area contributed by atoms with E-state index in [1.807, 2.05) is 19.1 Å². The Morgan fingerprint density at radius 2 is 2.16 bits per heavy atom. The predicted octanol–water partition coefficient (Wildman–Crippen LogP) is 0.882. The highest BCUT2D eigenvalue weighted by Crippen LogP contribution is 2.05. The molecule has 0 bridgehead atoms. The molecule has 0 aliphatic rings. The lowest BCUT2D eigenvalue weighted by atomic mass is 10.2. The van der Waals surface area contributed by atoms with Crippen LogP contribution in [0.1, 0.15) is 11.3 Å². The van der Waals surface area contributed by atoms with Crippen molar-refractivity contribution in [1.82, 2.24) is 24.3 Å². The maximum Gasteiger partial charge on any atom is 0.264 e. The number of pyridine rings is 1. The fourth-order valence-electron chi connectivity index (χ4n) is 2.04. The van der Waals surface area contributed by atoms with E-state index < -0.39 is 0 Å². The molecule has 3 rings (SSSR count). The molecule has 0 fully saturated rings. The van der Waals surface area contributed by atoms with Crippen LogP contribution in [0.25, 0.3) is 11.0 Å². The smallest absolute Gasteiger partial charge is 0.264 e. The van der Waals surface area contributed by atoms with Gasteiger partial charge in [-0.1, -0.05) is 0 Å². The normalized spacial score (nSPS) is 11.1. The van der Waals surface area contributed by atoms with Gasteiger partial charge in [0.1, 0.15) is 11.7 Å². The van der Waals surface area contributed by atoms with Crippen molar-refractivity contribution < 1.29 is 0 Å². The van der Waals surface area contributed by atoms with Crippen molar-refractivity contribution in [2.45, 2.75) is 13.5 Å². The van der Waals surface area contributed by atoms with Crippen molar-refractivity contribution in [1.29, 1.82) is 0 Å². The Bertz CT molecular complexity index is 802. The molecule has 6 heteroatoms. The summed E-state index contributed by atoms with van der Waals surface area (Å²) in [7, 11) is 1.77. The standard InChI is InChI=1S/C13H13N5O/c1-9-3-4-14-10(5-9)7-18-8-15-12-11(13(18)19)6-16-17(12)2/h3-6,8H,7H2,1-2H3. The zero-order chi connectivity index (χ0) is 13.4. The molecule has 0 aromatic carbocycles. The first kappa shape index (κ1) is 11.6. The summed E-state index contributed by atoms with van der Waals surface area (Å²) in [5, 5.41) is 4.57. The molecule has 3 aromatic heterocycles. The highest BCUT2D eigenvalue weighted by Gasteiger charge is 2.08. The van der Waals surface area contributed by atoms with Crippen molar-refractivity contribution in [3.05, 3.63) is 52.5 Å². The van der Waals surface area contributed by atoms with Crippen LogP contribution in [0, 0.1) is 6.92 Å². The Morgan fingerprint density at radius 3 is 2.95 bits per heavy atom. The average Bonchev–Trinajstić information content (AvgIpc) is 2.76. The second-order valence-electron chi connectivity index (χ2n) is 4.51. The Hall–Kier alpha value is -2.50. The van der Waals surface area contributed by atoms with Crippen LogP contribution in [0.15, 0.2) is 35.6 Å². The number of aromatic nitrogens is 5.